The third kappa shape index (κ3) is 4.72. The minimum absolute atomic E-state index is 0.134. The summed E-state index contributed by atoms with van der Waals surface area (Å²) in [4.78, 5) is 6.10. The molecule has 1 heterocycles. The third-order valence-corrected chi connectivity index (χ3v) is 4.38. The van der Waals surface area contributed by atoms with Crippen molar-refractivity contribution in [3.05, 3.63) is 16.7 Å². The number of nitrogens with one attached hydrogen (secondary N) is 2. The summed E-state index contributed by atoms with van der Waals surface area (Å²) >= 11 is 3.23. The van der Waals surface area contributed by atoms with Gasteiger partial charge in [-0.05, 0) is 43.0 Å². The van der Waals surface area contributed by atoms with E-state index < -0.39 is 10.0 Å². The van der Waals surface area contributed by atoms with E-state index in [0.29, 0.717) is 16.8 Å². The van der Waals surface area contributed by atoms with Crippen LogP contribution in [0.2, 0.25) is 0 Å². The van der Waals surface area contributed by atoms with Crippen LogP contribution in [0.3, 0.4) is 0 Å². The number of sulfonamides is 1. The van der Waals surface area contributed by atoms with Crippen molar-refractivity contribution in [3.63, 3.8) is 0 Å². The Labute approximate surface area is 122 Å². The first-order chi connectivity index (χ1) is 8.76. The van der Waals surface area contributed by atoms with Gasteiger partial charge in [0.2, 0.25) is 10.0 Å². The highest BCUT2D eigenvalue weighted by Gasteiger charge is 2.22. The lowest BCUT2D eigenvalue weighted by Gasteiger charge is -2.19. The molecular formula is C11H19BrN4O2S. The first-order valence-corrected chi connectivity index (χ1v) is 8.04. The van der Waals surface area contributed by atoms with E-state index in [1.807, 2.05) is 25.9 Å². The van der Waals surface area contributed by atoms with Crippen LogP contribution in [0.4, 0.5) is 5.82 Å². The van der Waals surface area contributed by atoms with Gasteiger partial charge in [0.05, 0.1) is 0 Å². The number of pyridine rings is 1. The molecule has 0 saturated heterocycles. The van der Waals surface area contributed by atoms with E-state index in [2.05, 4.69) is 31.0 Å². The van der Waals surface area contributed by atoms with Crippen LogP contribution in [0.15, 0.2) is 21.6 Å². The van der Waals surface area contributed by atoms with Crippen LogP contribution < -0.4 is 10.0 Å². The number of nitrogens with zero attached hydrogens (tertiary/aromatic N) is 2. The predicted octanol–water partition coefficient (Wildman–Crippen LogP) is 1.11. The molecule has 1 aromatic heterocycles. The minimum Gasteiger partial charge on any atom is -0.372 e. The molecule has 0 radical (unpaired) electrons. The monoisotopic (exact) mass is 350 g/mol. The molecule has 1 rings (SSSR count). The SMILES string of the molecule is CNc1ncc(Br)cc1S(=O)(=O)NC(C)CN(C)C. The second kappa shape index (κ2) is 6.65. The summed E-state index contributed by atoms with van der Waals surface area (Å²) in [5.74, 6) is 0.327. The van der Waals surface area contributed by atoms with E-state index in [-0.39, 0.29) is 10.9 Å². The first kappa shape index (κ1) is 16.4. The standard InChI is InChI=1S/C11H19BrN4O2S/c1-8(7-16(3)4)15-19(17,18)10-5-9(12)6-14-11(10)13-2/h5-6,8,15H,7H2,1-4H3,(H,13,14). The van der Waals surface area contributed by atoms with Gasteiger partial charge in [0.1, 0.15) is 10.7 Å². The molecule has 0 aromatic carbocycles. The Bertz CT molecular complexity index is 533. The van der Waals surface area contributed by atoms with Gasteiger partial charge in [-0.1, -0.05) is 0 Å². The van der Waals surface area contributed by atoms with E-state index in [1.54, 1.807) is 13.2 Å². The van der Waals surface area contributed by atoms with Crippen molar-refractivity contribution < 1.29 is 8.42 Å². The first-order valence-electron chi connectivity index (χ1n) is 5.76. The van der Waals surface area contributed by atoms with Gasteiger partial charge in [-0.2, -0.15) is 0 Å². The van der Waals surface area contributed by atoms with Crippen LogP contribution >= 0.6 is 15.9 Å². The lowest BCUT2D eigenvalue weighted by atomic mass is 10.3. The Morgan fingerprint density at radius 3 is 2.63 bits per heavy atom. The molecule has 19 heavy (non-hydrogen) atoms. The van der Waals surface area contributed by atoms with Gasteiger partial charge in [-0.3, -0.25) is 0 Å². The fraction of sp³-hybridized carbons (Fsp3) is 0.545. The van der Waals surface area contributed by atoms with Crippen LogP contribution in [0, 0.1) is 0 Å². The highest BCUT2D eigenvalue weighted by Crippen LogP contribution is 2.22. The van der Waals surface area contributed by atoms with Gasteiger partial charge in [0.15, 0.2) is 0 Å². The van der Waals surface area contributed by atoms with E-state index in [1.165, 1.54) is 6.07 Å². The van der Waals surface area contributed by atoms with Crippen molar-refractivity contribution in [1.29, 1.82) is 0 Å². The quantitative estimate of drug-likeness (QED) is 0.803. The zero-order chi connectivity index (χ0) is 14.6. The molecule has 0 aliphatic heterocycles. The molecule has 1 unspecified atom stereocenters. The maximum Gasteiger partial charge on any atom is 0.244 e. The molecule has 108 valence electrons. The summed E-state index contributed by atoms with van der Waals surface area (Å²) < 4.78 is 27.9. The van der Waals surface area contributed by atoms with Gasteiger partial charge in [-0.25, -0.2) is 18.1 Å². The number of halogens is 1. The Morgan fingerprint density at radius 2 is 2.11 bits per heavy atom. The fourth-order valence-electron chi connectivity index (χ4n) is 1.73. The van der Waals surface area contributed by atoms with Crippen LogP contribution in [-0.4, -0.2) is 52.0 Å². The Balaban J connectivity index is 3.03. The van der Waals surface area contributed by atoms with Gasteiger partial charge < -0.3 is 10.2 Å². The van der Waals surface area contributed by atoms with E-state index >= 15 is 0 Å². The molecule has 0 aliphatic carbocycles. The zero-order valence-electron chi connectivity index (χ0n) is 11.4. The minimum atomic E-state index is -3.60. The predicted molar refractivity (Wildman–Crippen MR) is 79.8 cm³/mol. The summed E-state index contributed by atoms with van der Waals surface area (Å²) in [6.45, 7) is 2.44. The summed E-state index contributed by atoms with van der Waals surface area (Å²) in [5, 5.41) is 2.78. The lowest BCUT2D eigenvalue weighted by Crippen LogP contribution is -2.39. The number of rotatable bonds is 6. The molecule has 1 atom stereocenters. The smallest absolute Gasteiger partial charge is 0.244 e. The van der Waals surface area contributed by atoms with Crippen LogP contribution in [-0.2, 0) is 10.0 Å². The van der Waals surface area contributed by atoms with Crippen molar-refractivity contribution >= 4 is 31.8 Å². The Kier molecular flexibility index (Phi) is 5.72. The molecule has 0 aliphatic rings. The highest BCUT2D eigenvalue weighted by atomic mass is 79.9. The molecule has 8 heteroatoms. The summed E-state index contributed by atoms with van der Waals surface area (Å²) in [7, 11) is 1.82. The molecule has 1 aromatic rings. The molecule has 0 spiro atoms. The van der Waals surface area contributed by atoms with Gasteiger partial charge in [-0.15, -0.1) is 0 Å². The summed E-state index contributed by atoms with van der Waals surface area (Å²) in [5.41, 5.74) is 0. The van der Waals surface area contributed by atoms with Crippen LogP contribution in [0.5, 0.6) is 0 Å². The van der Waals surface area contributed by atoms with Crippen molar-refractivity contribution in [2.45, 2.75) is 17.9 Å². The normalized spacial score (nSPS) is 13.6. The molecule has 6 nitrogen and oxygen atoms in total. The molecule has 2 N–H and O–H groups in total. The largest absolute Gasteiger partial charge is 0.372 e. The van der Waals surface area contributed by atoms with Gasteiger partial charge in [0.25, 0.3) is 0 Å². The maximum atomic E-state index is 12.3. The van der Waals surface area contributed by atoms with Crippen LogP contribution in [0.25, 0.3) is 0 Å². The lowest BCUT2D eigenvalue weighted by molar-refractivity contribution is 0.370. The topological polar surface area (TPSA) is 74.3 Å². The van der Waals surface area contributed by atoms with Crippen molar-refractivity contribution in [2.24, 2.45) is 0 Å². The maximum absolute atomic E-state index is 12.3. The molecule has 0 amide bonds. The Hall–Kier alpha value is -0.700. The highest BCUT2D eigenvalue weighted by molar-refractivity contribution is 9.10. The fourth-order valence-corrected chi connectivity index (χ4v) is 3.63. The summed E-state index contributed by atoms with van der Waals surface area (Å²) in [6, 6.07) is 1.34. The number of hydrogen-bond acceptors (Lipinski definition) is 5. The van der Waals surface area contributed by atoms with Gasteiger partial charge >= 0.3 is 0 Å². The molecular weight excluding hydrogens is 332 g/mol. The van der Waals surface area contributed by atoms with Crippen molar-refractivity contribution in [2.75, 3.05) is 33.0 Å². The van der Waals surface area contributed by atoms with E-state index in [4.69, 9.17) is 0 Å². The number of anilines is 1. The Morgan fingerprint density at radius 1 is 1.47 bits per heavy atom. The van der Waals surface area contributed by atoms with E-state index in [0.717, 1.165) is 0 Å². The number of hydrogen-bond donors (Lipinski definition) is 2. The van der Waals surface area contributed by atoms with Gasteiger partial charge in [0, 0.05) is 30.3 Å². The zero-order valence-corrected chi connectivity index (χ0v) is 13.8. The third-order valence-electron chi connectivity index (χ3n) is 2.34. The molecule has 0 bridgehead atoms. The van der Waals surface area contributed by atoms with Crippen molar-refractivity contribution in [3.8, 4) is 0 Å². The van der Waals surface area contributed by atoms with E-state index in [9.17, 15) is 8.42 Å². The second-order valence-corrected chi connectivity index (χ2v) is 7.13. The molecule has 0 fully saturated rings. The average Bonchev–Trinajstić information content (AvgIpc) is 2.26. The average molecular weight is 351 g/mol. The number of likely N-dealkylation sites (N-methyl/N-ethyl adjacent to an activating group) is 1. The van der Waals surface area contributed by atoms with Crippen LogP contribution in [0.1, 0.15) is 6.92 Å². The van der Waals surface area contributed by atoms with Crippen molar-refractivity contribution in [1.82, 2.24) is 14.6 Å². The second-order valence-electron chi connectivity index (χ2n) is 4.53. The summed E-state index contributed by atoms with van der Waals surface area (Å²) in [6.07, 6.45) is 1.55. The number of aromatic nitrogens is 1. The molecule has 0 saturated carbocycles.